The fourth-order valence-corrected chi connectivity index (χ4v) is 2.14. The molecule has 4 nitrogen and oxygen atoms in total. The Morgan fingerprint density at radius 2 is 2.15 bits per heavy atom. The third-order valence-electron chi connectivity index (χ3n) is 3.15. The Labute approximate surface area is 123 Å². The molecule has 5 heteroatoms. The van der Waals surface area contributed by atoms with Gasteiger partial charge in [0.25, 0.3) is 0 Å². The average Bonchev–Trinajstić information content (AvgIpc) is 2.80. The smallest absolute Gasteiger partial charge is 0.226 e. The maximum Gasteiger partial charge on any atom is 0.226 e. The van der Waals surface area contributed by atoms with E-state index in [1.54, 1.807) is 10.7 Å². The van der Waals surface area contributed by atoms with Crippen LogP contribution in [0.15, 0.2) is 30.5 Å². The van der Waals surface area contributed by atoms with E-state index in [2.05, 4.69) is 10.4 Å². The summed E-state index contributed by atoms with van der Waals surface area (Å²) in [4.78, 5) is 12.1. The van der Waals surface area contributed by atoms with Crippen molar-refractivity contribution >= 4 is 23.2 Å². The van der Waals surface area contributed by atoms with Crippen LogP contribution in [0, 0.1) is 13.8 Å². The Kier molecular flexibility index (Phi) is 4.45. The van der Waals surface area contributed by atoms with Gasteiger partial charge in [-0.2, -0.15) is 5.10 Å². The van der Waals surface area contributed by atoms with Crippen molar-refractivity contribution in [3.8, 4) is 0 Å². The molecule has 0 spiro atoms. The first kappa shape index (κ1) is 14.6. The third kappa shape index (κ3) is 3.61. The lowest BCUT2D eigenvalue weighted by Crippen LogP contribution is -2.18. The zero-order valence-corrected chi connectivity index (χ0v) is 12.6. The topological polar surface area (TPSA) is 46.9 Å². The number of aryl methyl sites for hydroxylation is 2. The number of nitrogens with one attached hydrogen (secondary N) is 1. The summed E-state index contributed by atoms with van der Waals surface area (Å²) in [5, 5.41) is 7.82. The molecule has 2 rings (SSSR count). The van der Waals surface area contributed by atoms with E-state index in [0.29, 0.717) is 11.4 Å². The molecule has 0 aliphatic heterocycles. The standard InChI is InChI=1S/C15H18ClN3O/c1-10-4-5-13(16)9-14(10)17-15(20)8-12(3)19-7-6-11(2)18-19/h4-7,9,12H,8H2,1-3H3,(H,17,20)/t12-/m1/s1. The molecule has 2 aromatic rings. The second kappa shape index (κ2) is 6.09. The molecular formula is C15H18ClN3O. The number of halogens is 1. The highest BCUT2D eigenvalue weighted by Crippen LogP contribution is 2.21. The Balaban J connectivity index is 2.00. The van der Waals surface area contributed by atoms with Gasteiger partial charge in [0.2, 0.25) is 5.91 Å². The number of benzene rings is 1. The van der Waals surface area contributed by atoms with Crippen LogP contribution in [0.1, 0.15) is 30.6 Å². The van der Waals surface area contributed by atoms with Gasteiger partial charge in [-0.1, -0.05) is 17.7 Å². The fraction of sp³-hybridized carbons (Fsp3) is 0.333. The van der Waals surface area contributed by atoms with Gasteiger partial charge in [-0.3, -0.25) is 9.48 Å². The number of hydrogen-bond acceptors (Lipinski definition) is 2. The van der Waals surface area contributed by atoms with Crippen LogP contribution >= 0.6 is 11.6 Å². The number of aromatic nitrogens is 2. The Morgan fingerprint density at radius 3 is 2.80 bits per heavy atom. The van der Waals surface area contributed by atoms with E-state index < -0.39 is 0 Å². The predicted octanol–water partition coefficient (Wildman–Crippen LogP) is 3.74. The summed E-state index contributed by atoms with van der Waals surface area (Å²) in [6.07, 6.45) is 2.25. The van der Waals surface area contributed by atoms with Crippen molar-refractivity contribution in [2.45, 2.75) is 33.2 Å². The van der Waals surface area contributed by atoms with E-state index in [-0.39, 0.29) is 11.9 Å². The Bertz CT molecular complexity index is 621. The summed E-state index contributed by atoms with van der Waals surface area (Å²) in [6.45, 7) is 5.84. The molecular weight excluding hydrogens is 274 g/mol. The molecule has 1 amide bonds. The summed E-state index contributed by atoms with van der Waals surface area (Å²) >= 11 is 5.94. The van der Waals surface area contributed by atoms with Crippen LogP contribution in [0.3, 0.4) is 0 Å². The SMILES string of the molecule is Cc1ccn([C@H](C)CC(=O)Nc2cc(Cl)ccc2C)n1. The van der Waals surface area contributed by atoms with Crippen molar-refractivity contribution in [3.05, 3.63) is 46.7 Å². The predicted molar refractivity (Wildman–Crippen MR) is 81.1 cm³/mol. The molecule has 1 atom stereocenters. The van der Waals surface area contributed by atoms with E-state index in [9.17, 15) is 4.79 Å². The van der Waals surface area contributed by atoms with Crippen molar-refractivity contribution in [1.82, 2.24) is 9.78 Å². The lowest BCUT2D eigenvalue weighted by molar-refractivity contribution is -0.116. The molecule has 0 aliphatic carbocycles. The van der Waals surface area contributed by atoms with Gasteiger partial charge in [0.05, 0.1) is 11.7 Å². The second-order valence-electron chi connectivity index (χ2n) is 5.00. The maximum atomic E-state index is 12.1. The molecule has 1 aromatic carbocycles. The van der Waals surface area contributed by atoms with Crippen molar-refractivity contribution in [2.24, 2.45) is 0 Å². The van der Waals surface area contributed by atoms with E-state index >= 15 is 0 Å². The van der Waals surface area contributed by atoms with Crippen molar-refractivity contribution in [3.63, 3.8) is 0 Å². The number of hydrogen-bond donors (Lipinski definition) is 1. The number of carbonyl (C=O) groups is 1. The van der Waals surface area contributed by atoms with Gasteiger partial charge in [0.1, 0.15) is 0 Å². The molecule has 0 saturated heterocycles. The van der Waals surface area contributed by atoms with Crippen LogP contribution in [0.4, 0.5) is 5.69 Å². The summed E-state index contributed by atoms with van der Waals surface area (Å²) < 4.78 is 1.81. The molecule has 0 bridgehead atoms. The number of carbonyl (C=O) groups excluding carboxylic acids is 1. The lowest BCUT2D eigenvalue weighted by atomic mass is 10.2. The molecule has 0 saturated carbocycles. The van der Waals surface area contributed by atoms with Gasteiger partial charge >= 0.3 is 0 Å². The van der Waals surface area contributed by atoms with Crippen molar-refractivity contribution in [1.29, 1.82) is 0 Å². The van der Waals surface area contributed by atoms with Crippen LogP contribution in [0.5, 0.6) is 0 Å². The van der Waals surface area contributed by atoms with Crippen LogP contribution in [-0.4, -0.2) is 15.7 Å². The summed E-state index contributed by atoms with van der Waals surface area (Å²) in [6, 6.07) is 7.40. The monoisotopic (exact) mass is 291 g/mol. The quantitative estimate of drug-likeness (QED) is 0.933. The van der Waals surface area contributed by atoms with E-state index in [1.165, 1.54) is 0 Å². The lowest BCUT2D eigenvalue weighted by Gasteiger charge is -2.13. The van der Waals surface area contributed by atoms with Gasteiger partial charge in [-0.05, 0) is 44.5 Å². The third-order valence-corrected chi connectivity index (χ3v) is 3.38. The number of amides is 1. The highest BCUT2D eigenvalue weighted by atomic mass is 35.5. The zero-order valence-electron chi connectivity index (χ0n) is 11.9. The Hall–Kier alpha value is -1.81. The van der Waals surface area contributed by atoms with Crippen LogP contribution in [0.25, 0.3) is 0 Å². The molecule has 1 heterocycles. The van der Waals surface area contributed by atoms with Gasteiger partial charge in [-0.25, -0.2) is 0 Å². The maximum absolute atomic E-state index is 12.1. The van der Waals surface area contributed by atoms with Gasteiger partial charge in [0, 0.05) is 23.3 Å². The molecule has 1 aromatic heterocycles. The molecule has 20 heavy (non-hydrogen) atoms. The van der Waals surface area contributed by atoms with Gasteiger partial charge < -0.3 is 5.32 Å². The molecule has 0 aliphatic rings. The minimum atomic E-state index is -0.0454. The first-order chi connectivity index (χ1) is 9.45. The molecule has 106 valence electrons. The minimum absolute atomic E-state index is 0.0168. The number of rotatable bonds is 4. The first-order valence-corrected chi connectivity index (χ1v) is 6.91. The van der Waals surface area contributed by atoms with Crippen LogP contribution < -0.4 is 5.32 Å². The highest BCUT2D eigenvalue weighted by Gasteiger charge is 2.12. The summed E-state index contributed by atoms with van der Waals surface area (Å²) in [7, 11) is 0. The minimum Gasteiger partial charge on any atom is -0.326 e. The molecule has 0 unspecified atom stereocenters. The van der Waals surface area contributed by atoms with E-state index in [1.807, 2.05) is 45.2 Å². The molecule has 0 radical (unpaired) electrons. The fourth-order valence-electron chi connectivity index (χ4n) is 1.97. The average molecular weight is 292 g/mol. The van der Waals surface area contributed by atoms with Crippen LogP contribution in [-0.2, 0) is 4.79 Å². The first-order valence-electron chi connectivity index (χ1n) is 6.53. The van der Waals surface area contributed by atoms with Crippen molar-refractivity contribution < 1.29 is 4.79 Å². The summed E-state index contributed by atoms with van der Waals surface area (Å²) in [5.41, 5.74) is 2.69. The van der Waals surface area contributed by atoms with Gasteiger partial charge in [-0.15, -0.1) is 0 Å². The zero-order chi connectivity index (χ0) is 14.7. The highest BCUT2D eigenvalue weighted by molar-refractivity contribution is 6.31. The van der Waals surface area contributed by atoms with E-state index in [4.69, 9.17) is 11.6 Å². The summed E-state index contributed by atoms with van der Waals surface area (Å²) in [5.74, 6) is -0.0454. The number of nitrogens with zero attached hydrogens (tertiary/aromatic N) is 2. The number of anilines is 1. The molecule has 1 N–H and O–H groups in total. The normalized spacial score (nSPS) is 12.2. The van der Waals surface area contributed by atoms with Crippen molar-refractivity contribution in [2.75, 3.05) is 5.32 Å². The van der Waals surface area contributed by atoms with Gasteiger partial charge in [0.15, 0.2) is 0 Å². The van der Waals surface area contributed by atoms with Crippen LogP contribution in [0.2, 0.25) is 5.02 Å². The largest absolute Gasteiger partial charge is 0.326 e. The van der Waals surface area contributed by atoms with E-state index in [0.717, 1.165) is 16.9 Å². The second-order valence-corrected chi connectivity index (χ2v) is 5.43. The Morgan fingerprint density at radius 1 is 1.40 bits per heavy atom. The molecule has 0 fully saturated rings.